The van der Waals surface area contributed by atoms with E-state index in [1.165, 1.54) is 23.5 Å². The first-order valence-electron chi connectivity index (χ1n) is 9.01. The van der Waals surface area contributed by atoms with E-state index in [-0.39, 0.29) is 23.9 Å². The van der Waals surface area contributed by atoms with Gasteiger partial charge in [0.15, 0.2) is 5.13 Å². The summed E-state index contributed by atoms with van der Waals surface area (Å²) in [5.74, 6) is 0.502. The normalized spacial score (nSPS) is 11.4. The van der Waals surface area contributed by atoms with Gasteiger partial charge in [0.2, 0.25) is 0 Å². The second kappa shape index (κ2) is 9.40. The molecule has 0 aliphatic rings. The minimum Gasteiger partial charge on any atom is -0.491 e. The van der Waals surface area contributed by atoms with Crippen molar-refractivity contribution < 1.29 is 28.6 Å². The second-order valence-electron chi connectivity index (χ2n) is 6.65. The maximum absolute atomic E-state index is 12.6. The molecule has 0 fully saturated rings. The van der Waals surface area contributed by atoms with Crippen LogP contribution in [0.3, 0.4) is 0 Å². The number of aromatic nitrogens is 1. The van der Waals surface area contributed by atoms with E-state index >= 15 is 0 Å². The summed E-state index contributed by atoms with van der Waals surface area (Å²) in [6, 6.07) is 10.9. The number of carbonyl (C=O) groups is 1. The van der Waals surface area contributed by atoms with E-state index in [0.717, 1.165) is 0 Å². The highest BCUT2D eigenvalue weighted by Crippen LogP contribution is 2.33. The van der Waals surface area contributed by atoms with Crippen LogP contribution in [0.15, 0.2) is 54.0 Å². The molecule has 0 spiro atoms. The topological polar surface area (TPSA) is 118 Å². The molecule has 0 saturated heterocycles. The molecule has 0 bridgehead atoms. The van der Waals surface area contributed by atoms with Crippen LogP contribution in [-0.2, 0) is 11.2 Å². The van der Waals surface area contributed by atoms with Crippen LogP contribution < -0.4 is 20.1 Å². The van der Waals surface area contributed by atoms with Crippen molar-refractivity contribution in [2.24, 2.45) is 0 Å². The number of carbonyl (C=O) groups excluding carboxylic acids is 1. The Labute approximate surface area is 177 Å². The molecule has 30 heavy (non-hydrogen) atoms. The number of anilines is 1. The Morgan fingerprint density at radius 3 is 2.63 bits per heavy atom. The summed E-state index contributed by atoms with van der Waals surface area (Å²) in [7, 11) is -4.35. The van der Waals surface area contributed by atoms with Crippen LogP contribution in [0.4, 0.5) is 5.13 Å². The van der Waals surface area contributed by atoms with Gasteiger partial charge in [0.05, 0.1) is 11.4 Å². The molecule has 0 aliphatic heterocycles. The monoisotopic (exact) mass is 448 g/mol. The third-order valence-electron chi connectivity index (χ3n) is 3.82. The van der Waals surface area contributed by atoms with Crippen LogP contribution in [0, 0.1) is 0 Å². The maximum atomic E-state index is 12.6. The summed E-state index contributed by atoms with van der Waals surface area (Å²) in [4.78, 5) is 35.3. The van der Waals surface area contributed by atoms with Crippen LogP contribution in [0.1, 0.15) is 29.8 Å². The lowest BCUT2D eigenvalue weighted by atomic mass is 10.2. The van der Waals surface area contributed by atoms with Crippen LogP contribution in [0.2, 0.25) is 0 Å². The minimum absolute atomic E-state index is 0.0620. The molecule has 3 rings (SSSR count). The molecule has 0 aliphatic carbocycles. The Morgan fingerprint density at radius 2 is 1.97 bits per heavy atom. The van der Waals surface area contributed by atoms with Crippen LogP contribution >= 0.6 is 18.9 Å². The molecule has 1 heterocycles. The standard InChI is InChI=1S/C20H21N2O6PS/c1-13(2)28-17-10-15(19(23)22-20-21-6-7-30-20)9-16(11-17)27-12-14-4-3-5-18(8-14)29(24,25)26/h3-11,13H,12H2,1-2H3,(H,21,22,23)(H2,24,25,26). The largest absolute Gasteiger partial charge is 0.491 e. The van der Waals surface area contributed by atoms with Gasteiger partial charge < -0.3 is 19.3 Å². The number of nitrogens with zero attached hydrogens (tertiary/aromatic N) is 1. The van der Waals surface area contributed by atoms with Crippen molar-refractivity contribution in [2.45, 2.75) is 26.6 Å². The highest BCUT2D eigenvalue weighted by atomic mass is 32.1. The third kappa shape index (κ3) is 6.14. The molecule has 0 atom stereocenters. The van der Waals surface area contributed by atoms with Gasteiger partial charge in [-0.05, 0) is 43.7 Å². The number of rotatable bonds is 8. The summed E-state index contributed by atoms with van der Waals surface area (Å²) in [6.45, 7) is 3.80. The van der Waals surface area contributed by atoms with Crippen molar-refractivity contribution in [1.82, 2.24) is 4.98 Å². The predicted octanol–water partition coefficient (Wildman–Crippen LogP) is 3.56. The molecule has 3 N–H and O–H groups in total. The smallest absolute Gasteiger partial charge is 0.356 e. The predicted molar refractivity (Wildman–Crippen MR) is 115 cm³/mol. The van der Waals surface area contributed by atoms with Gasteiger partial charge in [0.25, 0.3) is 5.91 Å². The molecular formula is C20H21N2O6PS. The third-order valence-corrected chi connectivity index (χ3v) is 5.46. The van der Waals surface area contributed by atoms with Crippen molar-refractivity contribution in [3.8, 4) is 11.5 Å². The summed E-state index contributed by atoms with van der Waals surface area (Å²) in [6.07, 6.45) is 1.49. The van der Waals surface area contributed by atoms with E-state index in [1.807, 2.05) is 13.8 Å². The average Bonchev–Trinajstić information content (AvgIpc) is 3.18. The zero-order chi connectivity index (χ0) is 21.7. The summed E-state index contributed by atoms with van der Waals surface area (Å²) < 4.78 is 22.9. The summed E-state index contributed by atoms with van der Waals surface area (Å²) in [5, 5.41) is 4.87. The van der Waals surface area contributed by atoms with E-state index in [9.17, 15) is 19.1 Å². The molecule has 158 valence electrons. The second-order valence-corrected chi connectivity index (χ2v) is 9.15. The fraction of sp³-hybridized carbons (Fsp3) is 0.200. The fourth-order valence-corrected chi connectivity index (χ4v) is 3.71. The van der Waals surface area contributed by atoms with E-state index in [2.05, 4.69) is 10.3 Å². The molecule has 10 heteroatoms. The lowest BCUT2D eigenvalue weighted by Gasteiger charge is -2.14. The SMILES string of the molecule is CC(C)Oc1cc(OCc2cccc(P(=O)(O)O)c2)cc(C(=O)Nc2nccs2)c1. The Kier molecular flexibility index (Phi) is 6.89. The van der Waals surface area contributed by atoms with Gasteiger partial charge in [-0.1, -0.05) is 12.1 Å². The number of nitrogens with one attached hydrogen (secondary N) is 1. The lowest BCUT2D eigenvalue weighted by molar-refractivity contribution is 0.102. The number of amides is 1. The van der Waals surface area contributed by atoms with Crippen molar-refractivity contribution in [3.63, 3.8) is 0 Å². The molecule has 0 radical (unpaired) electrons. The molecule has 2 aromatic carbocycles. The lowest BCUT2D eigenvalue weighted by Crippen LogP contribution is -2.13. The Morgan fingerprint density at radius 1 is 1.20 bits per heavy atom. The molecule has 3 aromatic rings. The molecule has 1 amide bonds. The molecule has 0 unspecified atom stereocenters. The Bertz CT molecular complexity index is 1060. The van der Waals surface area contributed by atoms with Gasteiger partial charge in [0, 0.05) is 23.2 Å². The van der Waals surface area contributed by atoms with E-state index in [0.29, 0.717) is 27.8 Å². The summed E-state index contributed by atoms with van der Waals surface area (Å²) in [5.41, 5.74) is 0.919. The number of hydrogen-bond acceptors (Lipinski definition) is 6. The highest BCUT2D eigenvalue weighted by molar-refractivity contribution is 7.60. The summed E-state index contributed by atoms with van der Waals surface area (Å²) >= 11 is 1.31. The highest BCUT2D eigenvalue weighted by Gasteiger charge is 2.17. The quantitative estimate of drug-likeness (QED) is 0.451. The van der Waals surface area contributed by atoms with E-state index in [4.69, 9.17) is 9.47 Å². The van der Waals surface area contributed by atoms with Crippen LogP contribution in [0.5, 0.6) is 11.5 Å². The first-order valence-corrected chi connectivity index (χ1v) is 11.5. The van der Waals surface area contributed by atoms with Gasteiger partial charge in [-0.25, -0.2) is 4.98 Å². The van der Waals surface area contributed by atoms with Crippen molar-refractivity contribution >= 4 is 35.3 Å². The van der Waals surface area contributed by atoms with E-state index < -0.39 is 7.60 Å². The molecular weight excluding hydrogens is 427 g/mol. The maximum Gasteiger partial charge on any atom is 0.356 e. The minimum atomic E-state index is -4.35. The first kappa shape index (κ1) is 22.0. The van der Waals surface area contributed by atoms with Crippen LogP contribution in [0.25, 0.3) is 0 Å². The molecule has 8 nitrogen and oxygen atoms in total. The van der Waals surface area contributed by atoms with Gasteiger partial charge in [-0.2, -0.15) is 0 Å². The van der Waals surface area contributed by atoms with Gasteiger partial charge >= 0.3 is 7.60 Å². The van der Waals surface area contributed by atoms with Crippen LogP contribution in [-0.4, -0.2) is 26.8 Å². The zero-order valence-electron chi connectivity index (χ0n) is 16.3. The number of benzene rings is 2. The van der Waals surface area contributed by atoms with Gasteiger partial charge in [-0.3, -0.25) is 14.7 Å². The number of ether oxygens (including phenoxy) is 2. The van der Waals surface area contributed by atoms with Crippen molar-refractivity contribution in [3.05, 3.63) is 65.2 Å². The zero-order valence-corrected chi connectivity index (χ0v) is 18.0. The molecule has 0 saturated carbocycles. The number of thiazole rings is 1. The number of hydrogen-bond donors (Lipinski definition) is 3. The fourth-order valence-electron chi connectivity index (χ4n) is 2.57. The van der Waals surface area contributed by atoms with E-state index in [1.54, 1.807) is 41.9 Å². The van der Waals surface area contributed by atoms with Gasteiger partial charge in [-0.15, -0.1) is 11.3 Å². The first-order chi connectivity index (χ1) is 14.2. The Hall–Kier alpha value is -2.71. The van der Waals surface area contributed by atoms with Crippen molar-refractivity contribution in [1.29, 1.82) is 0 Å². The van der Waals surface area contributed by atoms with Crippen molar-refractivity contribution in [2.75, 3.05) is 5.32 Å². The Balaban J connectivity index is 1.81. The van der Waals surface area contributed by atoms with Gasteiger partial charge in [0.1, 0.15) is 18.1 Å². The molecule has 1 aromatic heterocycles. The average molecular weight is 448 g/mol.